The van der Waals surface area contributed by atoms with Gasteiger partial charge in [-0.2, -0.15) is 0 Å². The largest absolute Gasteiger partial charge is 0.481 e. The Labute approximate surface area is 108 Å². The lowest BCUT2D eigenvalue weighted by Gasteiger charge is -2.26. The van der Waals surface area contributed by atoms with Gasteiger partial charge in [-0.3, -0.25) is 4.79 Å². The van der Waals surface area contributed by atoms with Crippen molar-refractivity contribution in [2.75, 3.05) is 6.61 Å². The molecule has 0 heterocycles. The van der Waals surface area contributed by atoms with Gasteiger partial charge in [-0.15, -0.1) is 0 Å². The number of hydrogen-bond acceptors (Lipinski definition) is 2. The molecule has 1 aromatic rings. The first-order chi connectivity index (χ1) is 8.75. The monoisotopic (exact) mass is 248 g/mol. The van der Waals surface area contributed by atoms with Crippen molar-refractivity contribution in [2.45, 2.75) is 38.2 Å². The Morgan fingerprint density at radius 3 is 2.44 bits per heavy atom. The van der Waals surface area contributed by atoms with Crippen LogP contribution in [-0.4, -0.2) is 23.8 Å². The summed E-state index contributed by atoms with van der Waals surface area (Å²) < 4.78 is 5.82. The van der Waals surface area contributed by atoms with Gasteiger partial charge in [0, 0.05) is 0 Å². The lowest BCUT2D eigenvalue weighted by Crippen LogP contribution is -2.26. The van der Waals surface area contributed by atoms with Crippen LogP contribution < -0.4 is 0 Å². The van der Waals surface area contributed by atoms with E-state index < -0.39 is 5.97 Å². The van der Waals surface area contributed by atoms with Crippen LogP contribution in [0, 0.1) is 5.92 Å². The van der Waals surface area contributed by atoms with Gasteiger partial charge in [-0.25, -0.2) is 0 Å². The summed E-state index contributed by atoms with van der Waals surface area (Å²) >= 11 is 0. The molecule has 1 aliphatic carbocycles. The number of hydrogen-bond donors (Lipinski definition) is 1. The highest BCUT2D eigenvalue weighted by atomic mass is 16.5. The molecule has 0 spiro atoms. The molecule has 0 bridgehead atoms. The second-order valence-electron chi connectivity index (χ2n) is 4.92. The van der Waals surface area contributed by atoms with Crippen LogP contribution in [0.25, 0.3) is 0 Å². The summed E-state index contributed by atoms with van der Waals surface area (Å²) in [6.45, 7) is 0.729. The molecule has 1 saturated carbocycles. The van der Waals surface area contributed by atoms with Crippen LogP contribution in [0.3, 0.4) is 0 Å². The van der Waals surface area contributed by atoms with Crippen LogP contribution >= 0.6 is 0 Å². The molecular weight excluding hydrogens is 228 g/mol. The van der Waals surface area contributed by atoms with Gasteiger partial charge in [-0.05, 0) is 37.7 Å². The van der Waals surface area contributed by atoms with Crippen LogP contribution in [0.1, 0.15) is 31.2 Å². The fourth-order valence-electron chi connectivity index (χ4n) is 2.46. The molecule has 1 aromatic carbocycles. The van der Waals surface area contributed by atoms with Gasteiger partial charge in [0.25, 0.3) is 0 Å². The predicted octanol–water partition coefficient (Wildman–Crippen LogP) is 2.89. The van der Waals surface area contributed by atoms with Gasteiger partial charge in [0.15, 0.2) is 0 Å². The van der Waals surface area contributed by atoms with E-state index in [2.05, 4.69) is 12.1 Å². The highest BCUT2D eigenvalue weighted by Gasteiger charge is 2.25. The van der Waals surface area contributed by atoms with Crippen molar-refractivity contribution in [2.24, 2.45) is 5.92 Å². The normalized spacial score (nSPS) is 23.8. The first-order valence-electron chi connectivity index (χ1n) is 6.64. The van der Waals surface area contributed by atoms with E-state index in [1.54, 1.807) is 0 Å². The number of rotatable bonds is 5. The van der Waals surface area contributed by atoms with Crippen molar-refractivity contribution in [3.05, 3.63) is 35.9 Å². The maximum atomic E-state index is 10.8. The van der Waals surface area contributed by atoms with Gasteiger partial charge in [0.05, 0.1) is 18.6 Å². The Kier molecular flexibility index (Phi) is 4.76. The highest BCUT2D eigenvalue weighted by Crippen LogP contribution is 2.26. The molecule has 1 N–H and O–H groups in total. The number of aliphatic carboxylic acids is 1. The van der Waals surface area contributed by atoms with Crippen molar-refractivity contribution in [1.82, 2.24) is 0 Å². The van der Waals surface area contributed by atoms with Crippen molar-refractivity contribution in [3.8, 4) is 0 Å². The minimum absolute atomic E-state index is 0.154. The fourth-order valence-corrected chi connectivity index (χ4v) is 2.46. The number of ether oxygens (including phenoxy) is 1. The summed E-state index contributed by atoms with van der Waals surface area (Å²) in [5.41, 5.74) is 1.29. The average Bonchev–Trinajstić information content (AvgIpc) is 2.40. The van der Waals surface area contributed by atoms with Crippen LogP contribution in [0.4, 0.5) is 0 Å². The first-order valence-corrected chi connectivity index (χ1v) is 6.64. The minimum atomic E-state index is -0.655. The van der Waals surface area contributed by atoms with Gasteiger partial charge >= 0.3 is 5.97 Å². The van der Waals surface area contributed by atoms with Crippen molar-refractivity contribution < 1.29 is 14.6 Å². The van der Waals surface area contributed by atoms with E-state index >= 15 is 0 Å². The SMILES string of the molecule is O=C(O)C1CCC(OCCc2ccccc2)CC1. The molecular formula is C15H20O3. The molecule has 0 unspecified atom stereocenters. The first kappa shape index (κ1) is 13.1. The summed E-state index contributed by atoms with van der Waals surface area (Å²) in [5.74, 6) is -0.809. The molecule has 0 aromatic heterocycles. The lowest BCUT2D eigenvalue weighted by molar-refractivity contribution is -0.143. The van der Waals surface area contributed by atoms with E-state index in [0.29, 0.717) is 0 Å². The number of benzene rings is 1. The smallest absolute Gasteiger partial charge is 0.306 e. The summed E-state index contributed by atoms with van der Waals surface area (Å²) in [5, 5.41) is 8.91. The van der Waals surface area contributed by atoms with Crippen molar-refractivity contribution >= 4 is 5.97 Å². The molecule has 0 atom stereocenters. The Morgan fingerprint density at radius 1 is 1.17 bits per heavy atom. The lowest BCUT2D eigenvalue weighted by atomic mass is 9.87. The van der Waals surface area contributed by atoms with Gasteiger partial charge < -0.3 is 9.84 Å². The maximum Gasteiger partial charge on any atom is 0.306 e. The van der Waals surface area contributed by atoms with E-state index in [4.69, 9.17) is 9.84 Å². The highest BCUT2D eigenvalue weighted by molar-refractivity contribution is 5.70. The maximum absolute atomic E-state index is 10.8. The van der Waals surface area contributed by atoms with Crippen molar-refractivity contribution in [1.29, 1.82) is 0 Å². The molecule has 1 fully saturated rings. The van der Waals surface area contributed by atoms with Crippen molar-refractivity contribution in [3.63, 3.8) is 0 Å². The van der Waals surface area contributed by atoms with Crippen LogP contribution in [0.5, 0.6) is 0 Å². The van der Waals surface area contributed by atoms with E-state index in [1.807, 2.05) is 18.2 Å². The molecule has 1 aliphatic rings. The van der Waals surface area contributed by atoms with Crippen LogP contribution in [0.2, 0.25) is 0 Å². The molecule has 3 nitrogen and oxygen atoms in total. The third kappa shape index (κ3) is 3.84. The van der Waals surface area contributed by atoms with Gasteiger partial charge in [-0.1, -0.05) is 30.3 Å². The number of carbonyl (C=O) groups is 1. The predicted molar refractivity (Wildman–Crippen MR) is 69.5 cm³/mol. The third-order valence-corrected chi connectivity index (χ3v) is 3.61. The molecule has 0 radical (unpaired) electrons. The third-order valence-electron chi connectivity index (χ3n) is 3.61. The summed E-state index contributed by atoms with van der Waals surface area (Å²) in [4.78, 5) is 10.8. The summed E-state index contributed by atoms with van der Waals surface area (Å²) in [7, 11) is 0. The molecule has 0 amide bonds. The minimum Gasteiger partial charge on any atom is -0.481 e. The summed E-state index contributed by atoms with van der Waals surface area (Å²) in [6, 6.07) is 10.3. The fraction of sp³-hybridized carbons (Fsp3) is 0.533. The quantitative estimate of drug-likeness (QED) is 0.871. The van der Waals surface area contributed by atoms with E-state index in [9.17, 15) is 4.79 Å². The van der Waals surface area contributed by atoms with Gasteiger partial charge in [0.1, 0.15) is 0 Å². The Morgan fingerprint density at radius 2 is 1.83 bits per heavy atom. The second kappa shape index (κ2) is 6.55. The van der Waals surface area contributed by atoms with Crippen LogP contribution in [-0.2, 0) is 16.0 Å². The number of carboxylic acid groups (broad SMARTS) is 1. The average molecular weight is 248 g/mol. The molecule has 3 heteroatoms. The molecule has 0 saturated heterocycles. The standard InChI is InChI=1S/C15H20O3/c16-15(17)13-6-8-14(9-7-13)18-11-10-12-4-2-1-3-5-12/h1-5,13-14H,6-11H2,(H,16,17). The zero-order valence-corrected chi connectivity index (χ0v) is 10.5. The Bertz CT molecular complexity index is 367. The second-order valence-corrected chi connectivity index (χ2v) is 4.92. The Hall–Kier alpha value is -1.35. The topological polar surface area (TPSA) is 46.5 Å². The molecule has 18 heavy (non-hydrogen) atoms. The number of carboxylic acids is 1. The van der Waals surface area contributed by atoms with Crippen LogP contribution in [0.15, 0.2) is 30.3 Å². The van der Waals surface area contributed by atoms with E-state index in [1.165, 1.54) is 5.56 Å². The molecule has 98 valence electrons. The molecule has 2 rings (SSSR count). The van der Waals surface area contributed by atoms with E-state index in [0.717, 1.165) is 38.7 Å². The van der Waals surface area contributed by atoms with Gasteiger partial charge in [0.2, 0.25) is 0 Å². The molecule has 0 aliphatic heterocycles. The van der Waals surface area contributed by atoms with E-state index in [-0.39, 0.29) is 12.0 Å². The zero-order chi connectivity index (χ0) is 12.8. The zero-order valence-electron chi connectivity index (χ0n) is 10.5. The Balaban J connectivity index is 1.65. The summed E-state index contributed by atoms with van der Waals surface area (Å²) in [6.07, 6.45) is 4.46.